The van der Waals surface area contributed by atoms with Crippen molar-refractivity contribution in [2.45, 2.75) is 91.1 Å². The van der Waals surface area contributed by atoms with Gasteiger partial charge in [0, 0.05) is 0 Å². The summed E-state index contributed by atoms with van der Waals surface area (Å²) in [7, 11) is 0. The number of hydrogen-bond donors (Lipinski definition) is 1. The zero-order valence-corrected chi connectivity index (χ0v) is 15.0. The Morgan fingerprint density at radius 3 is 2.50 bits per heavy atom. The van der Waals surface area contributed by atoms with Crippen LogP contribution in [0.25, 0.3) is 0 Å². The minimum absolute atomic E-state index is 0.0179. The average molecular weight is 305 g/mol. The van der Waals surface area contributed by atoms with Crippen molar-refractivity contribution in [2.24, 2.45) is 40.4 Å². The van der Waals surface area contributed by atoms with Crippen LogP contribution in [0.1, 0.15) is 85.0 Å². The quantitative estimate of drug-likeness (QED) is 0.686. The van der Waals surface area contributed by atoms with Gasteiger partial charge in [0.05, 0.1) is 6.10 Å². The second-order valence-electron chi connectivity index (χ2n) is 9.77. The molecule has 126 valence electrons. The van der Waals surface area contributed by atoms with Gasteiger partial charge in [-0.2, -0.15) is 0 Å². The molecular weight excluding hydrogens is 268 g/mol. The molecule has 0 aromatic heterocycles. The van der Waals surface area contributed by atoms with Crippen LogP contribution in [0.4, 0.5) is 0 Å². The average Bonchev–Trinajstić information content (AvgIpc) is 2.76. The summed E-state index contributed by atoms with van der Waals surface area (Å²) in [4.78, 5) is 0. The molecule has 1 unspecified atom stereocenters. The van der Waals surface area contributed by atoms with Gasteiger partial charge in [0.25, 0.3) is 0 Å². The van der Waals surface area contributed by atoms with Gasteiger partial charge in [-0.3, -0.25) is 0 Å². The van der Waals surface area contributed by atoms with Gasteiger partial charge >= 0.3 is 0 Å². The normalized spacial score (nSPS) is 57.8. The monoisotopic (exact) mass is 304 g/mol. The molecule has 4 fully saturated rings. The van der Waals surface area contributed by atoms with E-state index < -0.39 is 0 Å². The first-order valence-corrected chi connectivity index (χ1v) is 10.2. The van der Waals surface area contributed by atoms with Crippen LogP contribution in [-0.4, -0.2) is 11.2 Å². The van der Waals surface area contributed by atoms with Gasteiger partial charge in [0.2, 0.25) is 0 Å². The summed E-state index contributed by atoms with van der Waals surface area (Å²) in [5.74, 6) is 4.28. The first-order chi connectivity index (χ1) is 10.5. The van der Waals surface area contributed by atoms with Crippen LogP contribution in [0.3, 0.4) is 0 Å². The Hall–Kier alpha value is -0.0400. The highest BCUT2D eigenvalue weighted by Gasteiger charge is 2.61. The minimum Gasteiger partial charge on any atom is -0.393 e. The van der Waals surface area contributed by atoms with Crippen LogP contribution >= 0.6 is 0 Å². The van der Waals surface area contributed by atoms with Crippen molar-refractivity contribution >= 4 is 0 Å². The number of aliphatic hydroxyl groups is 1. The van der Waals surface area contributed by atoms with Gasteiger partial charge in [0.1, 0.15) is 0 Å². The van der Waals surface area contributed by atoms with Gasteiger partial charge < -0.3 is 5.11 Å². The fourth-order valence-electron chi connectivity index (χ4n) is 8.15. The molecule has 4 rings (SSSR count). The molecule has 0 amide bonds. The van der Waals surface area contributed by atoms with Crippen LogP contribution in [-0.2, 0) is 0 Å². The number of fused-ring (bicyclic) bond motifs is 5. The van der Waals surface area contributed by atoms with Crippen molar-refractivity contribution in [3.63, 3.8) is 0 Å². The first-order valence-electron chi connectivity index (χ1n) is 10.2. The van der Waals surface area contributed by atoms with E-state index in [-0.39, 0.29) is 6.10 Å². The van der Waals surface area contributed by atoms with Crippen molar-refractivity contribution in [1.29, 1.82) is 0 Å². The van der Waals surface area contributed by atoms with E-state index in [4.69, 9.17) is 0 Å². The largest absolute Gasteiger partial charge is 0.393 e. The molecule has 8 atom stereocenters. The predicted molar refractivity (Wildman–Crippen MR) is 91.5 cm³/mol. The third kappa shape index (κ3) is 1.93. The van der Waals surface area contributed by atoms with Crippen LogP contribution in [0.15, 0.2) is 0 Å². The van der Waals surface area contributed by atoms with Crippen molar-refractivity contribution in [2.75, 3.05) is 0 Å². The Labute approximate surface area is 137 Å². The van der Waals surface area contributed by atoms with E-state index >= 15 is 0 Å². The van der Waals surface area contributed by atoms with E-state index in [9.17, 15) is 5.11 Å². The number of aliphatic hydroxyl groups excluding tert-OH is 1. The Morgan fingerprint density at radius 2 is 1.73 bits per heavy atom. The van der Waals surface area contributed by atoms with E-state index in [1.165, 1.54) is 57.8 Å². The van der Waals surface area contributed by atoms with Crippen LogP contribution in [0.5, 0.6) is 0 Å². The van der Waals surface area contributed by atoms with E-state index in [1.54, 1.807) is 0 Å². The van der Waals surface area contributed by atoms with Gasteiger partial charge in [-0.1, -0.05) is 40.0 Å². The van der Waals surface area contributed by atoms with Crippen molar-refractivity contribution in [1.82, 2.24) is 0 Å². The lowest BCUT2D eigenvalue weighted by Crippen LogP contribution is -2.52. The zero-order chi connectivity index (χ0) is 15.5. The summed E-state index contributed by atoms with van der Waals surface area (Å²) in [6.07, 6.45) is 14.0. The maximum atomic E-state index is 10.7. The van der Waals surface area contributed by atoms with Crippen LogP contribution in [0.2, 0.25) is 0 Å². The smallest absolute Gasteiger partial charge is 0.0576 e. The molecule has 4 aliphatic rings. The topological polar surface area (TPSA) is 20.2 Å². The third-order valence-electron chi connectivity index (χ3n) is 9.27. The maximum Gasteiger partial charge on any atom is 0.0576 e. The van der Waals surface area contributed by atoms with Gasteiger partial charge in [0.15, 0.2) is 0 Å². The molecule has 0 aromatic rings. The summed E-state index contributed by atoms with van der Waals surface area (Å²) < 4.78 is 0. The SMILES string of the molecule is CC[C@H]1[C@@H](O)C[C@H]2[C@@H]3CCC4CCCC[C@]4(C)[C@H]3CC[C@@]21C. The summed E-state index contributed by atoms with van der Waals surface area (Å²) >= 11 is 0. The van der Waals surface area contributed by atoms with Crippen molar-refractivity contribution in [3.05, 3.63) is 0 Å². The molecule has 1 N–H and O–H groups in total. The van der Waals surface area contributed by atoms with Crippen molar-refractivity contribution < 1.29 is 5.11 Å². The lowest BCUT2D eigenvalue weighted by molar-refractivity contribution is -0.111. The summed E-state index contributed by atoms with van der Waals surface area (Å²) in [5, 5.41) is 10.7. The Morgan fingerprint density at radius 1 is 0.909 bits per heavy atom. The first kappa shape index (κ1) is 15.5. The minimum atomic E-state index is -0.0179. The predicted octanol–water partition coefficient (Wildman–Crippen LogP) is 5.42. The molecule has 0 spiro atoms. The molecule has 0 saturated heterocycles. The molecule has 0 bridgehead atoms. The van der Waals surface area contributed by atoms with Crippen molar-refractivity contribution in [3.8, 4) is 0 Å². The van der Waals surface area contributed by atoms with E-state index in [0.717, 1.165) is 30.1 Å². The highest BCUT2D eigenvalue weighted by molar-refractivity contribution is 5.10. The molecule has 1 nitrogen and oxygen atoms in total. The fraction of sp³-hybridized carbons (Fsp3) is 1.00. The fourth-order valence-corrected chi connectivity index (χ4v) is 8.15. The molecule has 4 aliphatic carbocycles. The molecule has 4 saturated carbocycles. The van der Waals surface area contributed by atoms with Gasteiger partial charge in [-0.15, -0.1) is 0 Å². The molecular formula is C21H36O. The van der Waals surface area contributed by atoms with Crippen LogP contribution < -0.4 is 0 Å². The highest BCUT2D eigenvalue weighted by atomic mass is 16.3. The molecule has 0 aliphatic heterocycles. The van der Waals surface area contributed by atoms with Crippen LogP contribution in [0, 0.1) is 40.4 Å². The van der Waals surface area contributed by atoms with Gasteiger partial charge in [-0.25, -0.2) is 0 Å². The third-order valence-corrected chi connectivity index (χ3v) is 9.27. The standard InChI is InChI=1S/C21H36O/c1-4-16-19(22)13-18-15-9-8-14-7-5-6-11-20(14,2)17(15)10-12-21(16,18)3/h14-19,22H,4-13H2,1-3H3/t14?,15-,16+,17+,18+,19+,20+,21-/m1/s1. The number of rotatable bonds is 1. The lowest BCUT2D eigenvalue weighted by Gasteiger charge is -2.60. The van der Waals surface area contributed by atoms with E-state index in [2.05, 4.69) is 20.8 Å². The summed E-state index contributed by atoms with van der Waals surface area (Å²) in [6.45, 7) is 7.49. The second kappa shape index (κ2) is 5.23. The zero-order valence-electron chi connectivity index (χ0n) is 15.0. The van der Waals surface area contributed by atoms with Gasteiger partial charge in [-0.05, 0) is 85.4 Å². The lowest BCUT2D eigenvalue weighted by atomic mass is 9.45. The van der Waals surface area contributed by atoms with E-state index in [1.807, 2.05) is 0 Å². The Bertz CT molecular complexity index is 426. The Kier molecular flexibility index (Phi) is 3.68. The Balaban J connectivity index is 1.64. The number of hydrogen-bond acceptors (Lipinski definition) is 1. The molecule has 0 heterocycles. The summed E-state index contributed by atoms with van der Waals surface area (Å²) in [6, 6.07) is 0. The maximum absolute atomic E-state index is 10.7. The highest BCUT2D eigenvalue weighted by Crippen LogP contribution is 2.67. The molecule has 22 heavy (non-hydrogen) atoms. The molecule has 0 aromatic carbocycles. The summed E-state index contributed by atoms with van der Waals surface area (Å²) in [5.41, 5.74) is 1.07. The molecule has 0 radical (unpaired) electrons. The molecule has 1 heteroatoms. The second-order valence-corrected chi connectivity index (χ2v) is 9.77. The van der Waals surface area contributed by atoms with E-state index in [0.29, 0.717) is 16.7 Å².